The zero-order chi connectivity index (χ0) is 27.8. The first-order valence-corrected chi connectivity index (χ1v) is 13.8. The molecule has 0 radical (unpaired) electrons. The summed E-state index contributed by atoms with van der Waals surface area (Å²) in [6.45, 7) is 0.361. The van der Waals surface area contributed by atoms with E-state index in [2.05, 4.69) is 15.9 Å². The van der Waals surface area contributed by atoms with Gasteiger partial charge in [0.2, 0.25) is 5.91 Å². The van der Waals surface area contributed by atoms with Gasteiger partial charge < -0.3 is 9.47 Å². The average Bonchev–Trinajstić information content (AvgIpc) is 3.49. The number of hydrogen-bond donors (Lipinski definition) is 0. The van der Waals surface area contributed by atoms with Crippen molar-refractivity contribution >= 4 is 50.7 Å². The molecule has 0 N–H and O–H groups in total. The molecule has 2 fully saturated rings. The fourth-order valence-corrected chi connectivity index (χ4v) is 5.84. The van der Waals surface area contributed by atoms with E-state index in [1.165, 1.54) is 4.90 Å². The van der Waals surface area contributed by atoms with Crippen LogP contribution in [-0.4, -0.2) is 25.0 Å². The molecule has 3 unspecified atom stereocenters. The summed E-state index contributed by atoms with van der Waals surface area (Å²) in [5.41, 5.74) is 2.91. The lowest BCUT2D eigenvalue weighted by molar-refractivity contribution is -0.126. The number of amides is 2. The van der Waals surface area contributed by atoms with Crippen molar-refractivity contribution in [2.24, 2.45) is 5.92 Å². The van der Waals surface area contributed by atoms with Crippen LogP contribution >= 0.6 is 27.5 Å². The summed E-state index contributed by atoms with van der Waals surface area (Å²) in [6, 6.07) is 28.9. The van der Waals surface area contributed by atoms with Crippen molar-refractivity contribution in [2.45, 2.75) is 18.8 Å². The number of benzene rings is 4. The molecule has 3 atom stereocenters. The highest BCUT2D eigenvalue weighted by molar-refractivity contribution is 9.10. The number of halogens is 2. The van der Waals surface area contributed by atoms with Gasteiger partial charge in [0, 0.05) is 9.50 Å². The van der Waals surface area contributed by atoms with Gasteiger partial charge in [0.05, 0.1) is 24.5 Å². The number of rotatable bonds is 7. The second kappa shape index (κ2) is 11.0. The number of ether oxygens (including phenoxy) is 2. The number of imide groups is 1. The monoisotopic (exact) mass is 618 g/mol. The lowest BCUT2D eigenvalue weighted by Gasteiger charge is -2.29. The molecule has 2 amide bonds. The van der Waals surface area contributed by atoms with Gasteiger partial charge in [-0.25, -0.2) is 9.96 Å². The molecule has 0 saturated carbocycles. The number of hydrogen-bond acceptors (Lipinski definition) is 6. The number of carbonyl (C=O) groups is 2. The van der Waals surface area contributed by atoms with E-state index < -0.39 is 24.0 Å². The Morgan fingerprint density at radius 1 is 0.850 bits per heavy atom. The van der Waals surface area contributed by atoms with Crippen LogP contribution in [0.3, 0.4) is 0 Å². The van der Waals surface area contributed by atoms with Gasteiger partial charge in [0.25, 0.3) is 5.91 Å². The molecule has 4 aromatic rings. The maximum atomic E-state index is 13.9. The topological polar surface area (TPSA) is 68.3 Å². The number of methoxy groups -OCH3 is 1. The first-order valence-electron chi connectivity index (χ1n) is 12.6. The quantitative estimate of drug-likeness (QED) is 0.214. The number of fused-ring (bicyclic) bond motifs is 1. The molecule has 2 aliphatic heterocycles. The van der Waals surface area contributed by atoms with Gasteiger partial charge in [-0.2, -0.15) is 0 Å². The Morgan fingerprint density at radius 3 is 2.20 bits per heavy atom. The minimum atomic E-state index is -1.000. The Bertz CT molecular complexity index is 1550. The molecular weight excluding hydrogens is 596 g/mol. The van der Waals surface area contributed by atoms with Gasteiger partial charge in [-0.05, 0) is 59.7 Å². The minimum Gasteiger partial charge on any atom is -0.493 e. The Kier molecular flexibility index (Phi) is 7.23. The van der Waals surface area contributed by atoms with E-state index in [-0.39, 0.29) is 5.91 Å². The van der Waals surface area contributed by atoms with E-state index in [1.54, 1.807) is 36.4 Å². The van der Waals surface area contributed by atoms with Crippen molar-refractivity contribution in [1.29, 1.82) is 0 Å². The van der Waals surface area contributed by atoms with E-state index >= 15 is 0 Å². The van der Waals surface area contributed by atoms with Gasteiger partial charge in [-0.3, -0.25) is 14.4 Å². The van der Waals surface area contributed by atoms with Crippen LogP contribution in [0.1, 0.15) is 17.2 Å². The standard InChI is InChI=1S/C31H24BrClN2O5/c1-38-25-16-23(24(32)17-26(25)39-18-19-8-4-2-5-9-19)28-27-29(40-35(28)22-10-6-3-7-11-22)31(37)34(30(27)36)21-14-12-20(33)13-15-21/h2-17,27-29H,18H2,1H3. The third-order valence-electron chi connectivity index (χ3n) is 7.05. The Hall–Kier alpha value is -3.85. The summed E-state index contributed by atoms with van der Waals surface area (Å²) >= 11 is 9.75. The Labute approximate surface area is 244 Å². The number of para-hydroxylation sites is 1. The molecule has 40 heavy (non-hydrogen) atoms. The lowest BCUT2D eigenvalue weighted by Crippen LogP contribution is -2.37. The van der Waals surface area contributed by atoms with Crippen LogP contribution in [0.4, 0.5) is 11.4 Å². The molecule has 202 valence electrons. The zero-order valence-electron chi connectivity index (χ0n) is 21.4. The highest BCUT2D eigenvalue weighted by atomic mass is 79.9. The van der Waals surface area contributed by atoms with Crippen molar-refractivity contribution < 1.29 is 23.9 Å². The first kappa shape index (κ1) is 26.4. The maximum Gasteiger partial charge on any atom is 0.266 e. The van der Waals surface area contributed by atoms with Crippen LogP contribution in [0.15, 0.2) is 102 Å². The summed E-state index contributed by atoms with van der Waals surface area (Å²) in [6.07, 6.45) is -1.000. The highest BCUT2D eigenvalue weighted by Crippen LogP contribution is 2.50. The van der Waals surface area contributed by atoms with E-state index in [0.717, 1.165) is 16.8 Å². The van der Waals surface area contributed by atoms with E-state index in [0.29, 0.717) is 33.3 Å². The summed E-state index contributed by atoms with van der Waals surface area (Å²) in [5, 5.41) is 2.16. The number of carbonyl (C=O) groups excluding carboxylic acids is 2. The minimum absolute atomic E-state index is 0.351. The fraction of sp³-hybridized carbons (Fsp3) is 0.161. The molecule has 0 spiro atoms. The zero-order valence-corrected chi connectivity index (χ0v) is 23.7. The normalized spacial score (nSPS) is 20.1. The first-order chi connectivity index (χ1) is 19.5. The molecule has 4 aromatic carbocycles. The second-order valence-corrected chi connectivity index (χ2v) is 10.7. The summed E-state index contributed by atoms with van der Waals surface area (Å²) in [4.78, 5) is 35.0. The highest BCUT2D eigenvalue weighted by Gasteiger charge is 2.60. The molecule has 9 heteroatoms. The van der Waals surface area contributed by atoms with Crippen molar-refractivity contribution in [1.82, 2.24) is 0 Å². The Balaban J connectivity index is 1.40. The summed E-state index contributed by atoms with van der Waals surface area (Å²) in [7, 11) is 1.57. The predicted molar refractivity (Wildman–Crippen MR) is 155 cm³/mol. The van der Waals surface area contributed by atoms with Crippen molar-refractivity contribution in [3.63, 3.8) is 0 Å². The second-order valence-electron chi connectivity index (χ2n) is 9.45. The van der Waals surface area contributed by atoms with E-state index in [9.17, 15) is 9.59 Å². The molecule has 6 rings (SSSR count). The van der Waals surface area contributed by atoms with Gasteiger partial charge >= 0.3 is 0 Å². The number of anilines is 2. The van der Waals surface area contributed by atoms with Crippen LogP contribution in [-0.2, 0) is 21.0 Å². The van der Waals surface area contributed by atoms with Crippen LogP contribution in [0.5, 0.6) is 11.5 Å². The van der Waals surface area contributed by atoms with E-state index in [4.69, 9.17) is 25.9 Å². The summed E-state index contributed by atoms with van der Waals surface area (Å²) < 4.78 is 12.5. The van der Waals surface area contributed by atoms with Crippen molar-refractivity contribution in [3.05, 3.63) is 118 Å². The molecule has 7 nitrogen and oxygen atoms in total. The summed E-state index contributed by atoms with van der Waals surface area (Å²) in [5.74, 6) is -0.541. The van der Waals surface area contributed by atoms with Crippen molar-refractivity contribution in [2.75, 3.05) is 17.1 Å². The fourth-order valence-electron chi connectivity index (χ4n) is 5.16. The van der Waals surface area contributed by atoms with Gasteiger partial charge in [-0.1, -0.05) is 76.1 Å². The van der Waals surface area contributed by atoms with Crippen molar-refractivity contribution in [3.8, 4) is 11.5 Å². The SMILES string of the molecule is COc1cc(C2C3C(=O)N(c4ccc(Cl)cc4)C(=O)C3ON2c2ccccc2)c(Br)cc1OCc1ccccc1. The third kappa shape index (κ3) is 4.72. The number of hydroxylamine groups is 1. The lowest BCUT2D eigenvalue weighted by atomic mass is 9.90. The number of nitrogens with zero attached hydrogens (tertiary/aromatic N) is 2. The molecular formula is C31H24BrClN2O5. The Morgan fingerprint density at radius 2 is 1.52 bits per heavy atom. The van der Waals surface area contributed by atoms with Gasteiger partial charge in [0.15, 0.2) is 17.6 Å². The van der Waals surface area contributed by atoms with Crippen LogP contribution in [0.2, 0.25) is 5.02 Å². The predicted octanol–water partition coefficient (Wildman–Crippen LogP) is 6.74. The smallest absolute Gasteiger partial charge is 0.266 e. The van der Waals surface area contributed by atoms with Crippen LogP contribution < -0.4 is 19.4 Å². The largest absolute Gasteiger partial charge is 0.493 e. The molecule has 2 heterocycles. The third-order valence-corrected chi connectivity index (χ3v) is 7.99. The molecule has 0 aromatic heterocycles. The van der Waals surface area contributed by atoms with Crippen LogP contribution in [0, 0.1) is 5.92 Å². The van der Waals surface area contributed by atoms with Gasteiger partial charge in [-0.15, -0.1) is 0 Å². The molecule has 0 aliphatic carbocycles. The molecule has 2 aliphatic rings. The van der Waals surface area contributed by atoms with E-state index in [1.807, 2.05) is 72.8 Å². The molecule has 0 bridgehead atoms. The average molecular weight is 620 g/mol. The molecule has 2 saturated heterocycles. The van der Waals surface area contributed by atoms with Crippen LogP contribution in [0.25, 0.3) is 0 Å². The van der Waals surface area contributed by atoms with Gasteiger partial charge in [0.1, 0.15) is 12.5 Å². The maximum absolute atomic E-state index is 13.9.